The van der Waals surface area contributed by atoms with Gasteiger partial charge in [0.1, 0.15) is 5.75 Å². The number of hydrogen-bond acceptors (Lipinski definition) is 3. The number of nitrogens with two attached hydrogens (primary N) is 1. The van der Waals surface area contributed by atoms with Crippen molar-refractivity contribution in [3.8, 4) is 5.75 Å². The van der Waals surface area contributed by atoms with Crippen LogP contribution in [0.4, 0.5) is 0 Å². The number of carbonyl (C=O) groups excluding carboxylic acids is 1. The summed E-state index contributed by atoms with van der Waals surface area (Å²) >= 11 is 0. The van der Waals surface area contributed by atoms with E-state index in [-0.39, 0.29) is 17.4 Å². The third-order valence-electron chi connectivity index (χ3n) is 3.23. The van der Waals surface area contributed by atoms with Crippen LogP contribution in [0, 0.1) is 5.41 Å². The molecule has 0 aromatic heterocycles. The van der Waals surface area contributed by atoms with Gasteiger partial charge in [0.25, 0.3) is 0 Å². The molecule has 1 aromatic carbocycles. The predicted octanol–water partition coefficient (Wildman–Crippen LogP) is 2.51. The molecule has 0 saturated heterocycles. The Kier molecular flexibility index (Phi) is 6.69. The molecule has 21 heavy (non-hydrogen) atoms. The first-order valence-electron chi connectivity index (χ1n) is 7.46. The molecule has 0 saturated carbocycles. The van der Waals surface area contributed by atoms with Gasteiger partial charge >= 0.3 is 0 Å². The molecular weight excluding hydrogens is 264 g/mol. The van der Waals surface area contributed by atoms with Gasteiger partial charge in [0.2, 0.25) is 5.91 Å². The van der Waals surface area contributed by atoms with Crippen LogP contribution in [0.3, 0.4) is 0 Å². The fraction of sp³-hybridized carbons (Fsp3) is 0.588. The SMILES string of the molecule is COc1ccccc1CCNC(=O)CC(N)CC(C)(C)C. The molecule has 0 bridgehead atoms. The van der Waals surface area contributed by atoms with Crippen molar-refractivity contribution in [1.82, 2.24) is 5.32 Å². The van der Waals surface area contributed by atoms with Crippen LogP contribution in [0.25, 0.3) is 0 Å². The summed E-state index contributed by atoms with van der Waals surface area (Å²) in [6.07, 6.45) is 1.97. The third kappa shape index (κ3) is 7.14. The van der Waals surface area contributed by atoms with E-state index in [0.29, 0.717) is 13.0 Å². The second-order valence-electron chi connectivity index (χ2n) is 6.64. The van der Waals surface area contributed by atoms with Crippen molar-refractivity contribution in [2.75, 3.05) is 13.7 Å². The molecule has 0 spiro atoms. The van der Waals surface area contributed by atoms with Crippen molar-refractivity contribution in [3.63, 3.8) is 0 Å². The number of ether oxygens (including phenoxy) is 1. The summed E-state index contributed by atoms with van der Waals surface area (Å²) < 4.78 is 5.29. The van der Waals surface area contributed by atoms with E-state index < -0.39 is 0 Å². The highest BCUT2D eigenvalue weighted by molar-refractivity contribution is 5.76. The van der Waals surface area contributed by atoms with Gasteiger partial charge in [-0.3, -0.25) is 4.79 Å². The van der Waals surface area contributed by atoms with Crippen molar-refractivity contribution < 1.29 is 9.53 Å². The summed E-state index contributed by atoms with van der Waals surface area (Å²) in [6.45, 7) is 6.99. The lowest BCUT2D eigenvalue weighted by atomic mass is 9.87. The van der Waals surface area contributed by atoms with Crippen LogP contribution in [0.2, 0.25) is 0 Å². The Labute approximate surface area is 128 Å². The first kappa shape index (κ1) is 17.5. The van der Waals surface area contributed by atoms with E-state index in [9.17, 15) is 4.79 Å². The lowest BCUT2D eigenvalue weighted by Gasteiger charge is -2.22. The summed E-state index contributed by atoms with van der Waals surface area (Å²) in [4.78, 5) is 11.9. The molecule has 4 nitrogen and oxygen atoms in total. The Morgan fingerprint density at radius 1 is 1.33 bits per heavy atom. The minimum absolute atomic E-state index is 0.0154. The van der Waals surface area contributed by atoms with Gasteiger partial charge in [-0.15, -0.1) is 0 Å². The van der Waals surface area contributed by atoms with Gasteiger partial charge in [-0.25, -0.2) is 0 Å². The Hall–Kier alpha value is -1.55. The second-order valence-corrected chi connectivity index (χ2v) is 6.64. The monoisotopic (exact) mass is 292 g/mol. The number of hydrogen-bond donors (Lipinski definition) is 2. The molecule has 0 aliphatic heterocycles. The third-order valence-corrected chi connectivity index (χ3v) is 3.23. The molecule has 1 unspecified atom stereocenters. The van der Waals surface area contributed by atoms with Gasteiger partial charge in [-0.05, 0) is 29.9 Å². The molecule has 0 radical (unpaired) electrons. The van der Waals surface area contributed by atoms with Crippen LogP contribution < -0.4 is 15.8 Å². The largest absolute Gasteiger partial charge is 0.496 e. The van der Waals surface area contributed by atoms with Crippen LogP contribution >= 0.6 is 0 Å². The molecule has 0 fully saturated rings. The zero-order valence-corrected chi connectivity index (χ0v) is 13.6. The Morgan fingerprint density at radius 2 is 2.00 bits per heavy atom. The first-order chi connectivity index (χ1) is 9.81. The minimum atomic E-state index is -0.0868. The minimum Gasteiger partial charge on any atom is -0.496 e. The lowest BCUT2D eigenvalue weighted by molar-refractivity contribution is -0.121. The number of rotatable bonds is 7. The molecule has 0 aliphatic carbocycles. The van der Waals surface area contributed by atoms with E-state index in [1.54, 1.807) is 7.11 Å². The van der Waals surface area contributed by atoms with Crippen LogP contribution in [-0.2, 0) is 11.2 Å². The predicted molar refractivity (Wildman–Crippen MR) is 86.4 cm³/mol. The Balaban J connectivity index is 2.33. The molecule has 0 heterocycles. The smallest absolute Gasteiger partial charge is 0.221 e. The van der Waals surface area contributed by atoms with E-state index in [0.717, 1.165) is 24.2 Å². The maximum atomic E-state index is 11.9. The van der Waals surface area contributed by atoms with Crippen LogP contribution in [0.5, 0.6) is 5.75 Å². The molecule has 118 valence electrons. The van der Waals surface area contributed by atoms with Crippen molar-refractivity contribution in [1.29, 1.82) is 0 Å². The van der Waals surface area contributed by atoms with Crippen molar-refractivity contribution >= 4 is 5.91 Å². The summed E-state index contributed by atoms with van der Waals surface area (Å²) in [5.41, 5.74) is 7.25. The average molecular weight is 292 g/mol. The molecule has 3 N–H and O–H groups in total. The second kappa shape index (κ2) is 8.03. The van der Waals surface area contributed by atoms with Gasteiger partial charge in [-0.2, -0.15) is 0 Å². The summed E-state index contributed by atoms with van der Waals surface area (Å²) in [7, 11) is 1.66. The molecule has 1 rings (SSSR count). The fourth-order valence-corrected chi connectivity index (χ4v) is 2.42. The number of benzene rings is 1. The lowest BCUT2D eigenvalue weighted by Crippen LogP contribution is -2.35. The molecule has 1 atom stereocenters. The number of para-hydroxylation sites is 1. The van der Waals surface area contributed by atoms with Crippen molar-refractivity contribution in [3.05, 3.63) is 29.8 Å². The van der Waals surface area contributed by atoms with E-state index in [1.807, 2.05) is 24.3 Å². The number of carbonyl (C=O) groups is 1. The Morgan fingerprint density at radius 3 is 2.62 bits per heavy atom. The van der Waals surface area contributed by atoms with Crippen LogP contribution in [-0.4, -0.2) is 25.6 Å². The molecular formula is C17H28N2O2. The standard InChI is InChI=1S/C17H28N2O2/c1-17(2,3)12-14(18)11-16(20)19-10-9-13-7-5-6-8-15(13)21-4/h5-8,14H,9-12,18H2,1-4H3,(H,19,20). The Bertz CT molecular complexity index is 452. The van der Waals surface area contributed by atoms with Crippen molar-refractivity contribution in [2.24, 2.45) is 11.1 Å². The maximum Gasteiger partial charge on any atom is 0.221 e. The molecule has 1 aromatic rings. The van der Waals surface area contributed by atoms with E-state index in [4.69, 9.17) is 10.5 Å². The number of nitrogens with one attached hydrogen (secondary N) is 1. The van der Waals surface area contributed by atoms with Gasteiger partial charge < -0.3 is 15.8 Å². The highest BCUT2D eigenvalue weighted by Gasteiger charge is 2.17. The van der Waals surface area contributed by atoms with Crippen molar-refractivity contribution in [2.45, 2.75) is 46.1 Å². The highest BCUT2D eigenvalue weighted by atomic mass is 16.5. The molecule has 0 aliphatic rings. The summed E-state index contributed by atoms with van der Waals surface area (Å²) in [6, 6.07) is 7.76. The normalized spacial score (nSPS) is 12.8. The maximum absolute atomic E-state index is 11.9. The zero-order valence-electron chi connectivity index (χ0n) is 13.6. The van der Waals surface area contributed by atoms with Gasteiger partial charge in [0, 0.05) is 19.0 Å². The highest BCUT2D eigenvalue weighted by Crippen LogP contribution is 2.21. The van der Waals surface area contributed by atoms with E-state index in [1.165, 1.54) is 0 Å². The number of amides is 1. The van der Waals surface area contributed by atoms with Crippen LogP contribution in [0.15, 0.2) is 24.3 Å². The fourth-order valence-electron chi connectivity index (χ4n) is 2.42. The first-order valence-corrected chi connectivity index (χ1v) is 7.46. The summed E-state index contributed by atoms with van der Waals surface area (Å²) in [5.74, 6) is 0.873. The van der Waals surface area contributed by atoms with Gasteiger partial charge in [0.05, 0.1) is 7.11 Å². The molecule has 1 amide bonds. The van der Waals surface area contributed by atoms with Gasteiger partial charge in [-0.1, -0.05) is 39.0 Å². The van der Waals surface area contributed by atoms with Gasteiger partial charge in [0.15, 0.2) is 0 Å². The van der Waals surface area contributed by atoms with E-state index >= 15 is 0 Å². The summed E-state index contributed by atoms with van der Waals surface area (Å²) in [5, 5.41) is 2.92. The van der Waals surface area contributed by atoms with E-state index in [2.05, 4.69) is 26.1 Å². The number of methoxy groups -OCH3 is 1. The zero-order chi connectivity index (χ0) is 15.9. The van der Waals surface area contributed by atoms with Crippen LogP contribution in [0.1, 0.15) is 39.2 Å². The molecule has 4 heteroatoms. The average Bonchev–Trinajstić information content (AvgIpc) is 2.36. The topological polar surface area (TPSA) is 64.3 Å². The quantitative estimate of drug-likeness (QED) is 0.811.